The molecule has 0 aromatic heterocycles. The molecule has 0 amide bonds. The molecule has 0 aliphatic heterocycles. The number of rotatable bonds is 14. The molecule has 0 bridgehead atoms. The van der Waals surface area contributed by atoms with Gasteiger partial charge in [-0.05, 0) is 181 Å². The van der Waals surface area contributed by atoms with Crippen LogP contribution in [-0.4, -0.2) is 20.4 Å². The largest absolute Gasteiger partial charge is 0.508 e. The molecule has 1 saturated carbocycles. The van der Waals surface area contributed by atoms with Gasteiger partial charge in [0.05, 0.1) is 0 Å². The van der Waals surface area contributed by atoms with Crippen LogP contribution >= 0.6 is 0 Å². The zero-order chi connectivity index (χ0) is 48.0. The molecule has 4 N–H and O–H groups in total. The van der Waals surface area contributed by atoms with Gasteiger partial charge in [0, 0.05) is 27.7 Å². The molecule has 8 nitrogen and oxygen atoms in total. The number of benzene rings is 9. The summed E-state index contributed by atoms with van der Waals surface area (Å²) in [6.07, 6.45) is 6.07. The van der Waals surface area contributed by atoms with Gasteiger partial charge < -0.3 is 39.4 Å². The van der Waals surface area contributed by atoms with Crippen molar-refractivity contribution < 1.29 is 39.4 Å². The Hall–Kier alpha value is -8.62. The number of phenolic OH excluding ortho intramolecular Hbond substituents is 4. The average molecular weight is 925 g/mol. The van der Waals surface area contributed by atoms with Gasteiger partial charge in [-0.2, -0.15) is 0 Å². The van der Waals surface area contributed by atoms with Gasteiger partial charge in [0.1, 0.15) is 69.0 Å². The standard InChI is InChI=1S/C62H52O8/c1-62(44-18-15-42(16-19-44)41-9-3-2-4-10-41,45-20-38-60(69-52-33-25-48(65)26-34-52)56(40-45)55-12-6-8-14-59(55)68-51-31-23-47(64)24-32-51)57-39-43(17-37-61(57)70-53-35-27-49(66)28-36-53)54-11-5-7-13-58(54)67-50-29-21-46(63)22-30-50/h5-8,11-41,63-66H,2-4,9-10H2,1H3. The maximum absolute atomic E-state index is 10.3. The highest BCUT2D eigenvalue weighted by molar-refractivity contribution is 5.79. The van der Waals surface area contributed by atoms with Gasteiger partial charge in [0.15, 0.2) is 0 Å². The molecule has 0 saturated heterocycles. The van der Waals surface area contributed by atoms with Crippen molar-refractivity contribution in [1.29, 1.82) is 0 Å². The van der Waals surface area contributed by atoms with Crippen molar-refractivity contribution in [2.24, 2.45) is 0 Å². The Bertz CT molecular complexity index is 3210. The molecule has 0 radical (unpaired) electrons. The zero-order valence-electron chi connectivity index (χ0n) is 38.7. The minimum atomic E-state index is -0.918. The highest BCUT2D eigenvalue weighted by atomic mass is 16.5. The lowest BCUT2D eigenvalue weighted by Crippen LogP contribution is -2.26. The van der Waals surface area contributed by atoms with Crippen LogP contribution in [0.25, 0.3) is 22.3 Å². The number of hydrogen-bond acceptors (Lipinski definition) is 8. The van der Waals surface area contributed by atoms with E-state index in [1.807, 2.05) is 66.7 Å². The zero-order valence-corrected chi connectivity index (χ0v) is 38.7. The summed E-state index contributed by atoms with van der Waals surface area (Å²) in [6, 6.07) is 63.9. The molecular weight excluding hydrogens is 873 g/mol. The van der Waals surface area contributed by atoms with Crippen LogP contribution < -0.4 is 18.9 Å². The number of phenols is 4. The van der Waals surface area contributed by atoms with E-state index < -0.39 is 5.41 Å². The van der Waals surface area contributed by atoms with E-state index >= 15 is 0 Å². The lowest BCUT2D eigenvalue weighted by Gasteiger charge is -2.35. The van der Waals surface area contributed by atoms with Crippen molar-refractivity contribution in [3.05, 3.63) is 229 Å². The lowest BCUT2D eigenvalue weighted by atomic mass is 9.69. The molecule has 0 heterocycles. The van der Waals surface area contributed by atoms with E-state index in [-0.39, 0.29) is 23.0 Å². The maximum atomic E-state index is 10.3. The fourth-order valence-corrected chi connectivity index (χ4v) is 9.46. The summed E-state index contributed by atoms with van der Waals surface area (Å²) >= 11 is 0. The van der Waals surface area contributed by atoms with Gasteiger partial charge in [-0.3, -0.25) is 0 Å². The monoisotopic (exact) mass is 924 g/mol. The van der Waals surface area contributed by atoms with E-state index in [1.54, 1.807) is 97.1 Å². The van der Waals surface area contributed by atoms with Gasteiger partial charge in [0.2, 0.25) is 0 Å². The van der Waals surface area contributed by atoms with Gasteiger partial charge >= 0.3 is 0 Å². The van der Waals surface area contributed by atoms with E-state index in [0.29, 0.717) is 51.9 Å². The predicted molar refractivity (Wildman–Crippen MR) is 274 cm³/mol. The summed E-state index contributed by atoms with van der Waals surface area (Å²) in [5.41, 5.74) is 6.46. The smallest absolute Gasteiger partial charge is 0.135 e. The fourth-order valence-electron chi connectivity index (χ4n) is 9.46. The second-order valence-corrected chi connectivity index (χ2v) is 17.9. The first-order valence-electron chi connectivity index (χ1n) is 23.6. The Labute approximate surface area is 407 Å². The molecule has 1 fully saturated rings. The summed E-state index contributed by atoms with van der Waals surface area (Å²) in [4.78, 5) is 0. The third-order valence-corrected chi connectivity index (χ3v) is 13.3. The highest BCUT2D eigenvalue weighted by Crippen LogP contribution is 2.50. The summed E-state index contributed by atoms with van der Waals surface area (Å²) in [5, 5.41) is 40.5. The van der Waals surface area contributed by atoms with Crippen LogP contribution in [0.15, 0.2) is 206 Å². The van der Waals surface area contributed by atoms with Crippen LogP contribution in [0.5, 0.6) is 69.0 Å². The Morgan fingerprint density at radius 3 is 1.30 bits per heavy atom. The van der Waals surface area contributed by atoms with Crippen molar-refractivity contribution in [3.63, 3.8) is 0 Å². The van der Waals surface area contributed by atoms with Crippen LogP contribution in [0.1, 0.15) is 67.2 Å². The number of para-hydroxylation sites is 2. The quantitative estimate of drug-likeness (QED) is 0.0797. The van der Waals surface area contributed by atoms with Crippen molar-refractivity contribution in [2.45, 2.75) is 50.4 Å². The van der Waals surface area contributed by atoms with Crippen LogP contribution in [0.2, 0.25) is 0 Å². The molecule has 9 aromatic rings. The Morgan fingerprint density at radius 2 is 0.786 bits per heavy atom. The van der Waals surface area contributed by atoms with Gasteiger partial charge in [-0.15, -0.1) is 0 Å². The molecule has 348 valence electrons. The van der Waals surface area contributed by atoms with Crippen molar-refractivity contribution >= 4 is 0 Å². The molecular formula is C62H52O8. The van der Waals surface area contributed by atoms with Gasteiger partial charge in [-0.25, -0.2) is 0 Å². The fraction of sp³-hybridized carbons (Fsp3) is 0.129. The first-order valence-corrected chi connectivity index (χ1v) is 23.6. The van der Waals surface area contributed by atoms with E-state index in [9.17, 15) is 20.4 Å². The number of hydrogen-bond donors (Lipinski definition) is 4. The number of ether oxygens (including phenoxy) is 4. The molecule has 9 aromatic carbocycles. The first-order chi connectivity index (χ1) is 34.2. The second kappa shape index (κ2) is 19.9. The number of aromatic hydroxyl groups is 4. The van der Waals surface area contributed by atoms with Crippen LogP contribution in [0.4, 0.5) is 0 Å². The van der Waals surface area contributed by atoms with Crippen LogP contribution in [0.3, 0.4) is 0 Å². The summed E-state index contributed by atoms with van der Waals surface area (Å²) < 4.78 is 26.6. The van der Waals surface area contributed by atoms with Crippen molar-refractivity contribution in [2.75, 3.05) is 0 Å². The summed E-state index contributed by atoms with van der Waals surface area (Å²) in [5.74, 6) is 5.63. The average Bonchev–Trinajstić information content (AvgIpc) is 3.40. The highest BCUT2D eigenvalue weighted by Gasteiger charge is 2.36. The maximum Gasteiger partial charge on any atom is 0.135 e. The second-order valence-electron chi connectivity index (χ2n) is 17.9. The minimum Gasteiger partial charge on any atom is -0.508 e. The summed E-state index contributed by atoms with van der Waals surface area (Å²) in [7, 11) is 0. The van der Waals surface area contributed by atoms with E-state index in [1.165, 1.54) is 37.7 Å². The molecule has 0 spiro atoms. The molecule has 10 rings (SSSR count). The lowest BCUT2D eigenvalue weighted by molar-refractivity contribution is 0.443. The van der Waals surface area contributed by atoms with E-state index in [4.69, 9.17) is 18.9 Å². The first kappa shape index (κ1) is 45.2. The van der Waals surface area contributed by atoms with Crippen molar-refractivity contribution in [1.82, 2.24) is 0 Å². The molecule has 1 aliphatic carbocycles. The summed E-state index contributed by atoms with van der Waals surface area (Å²) in [6.45, 7) is 2.22. The van der Waals surface area contributed by atoms with E-state index in [0.717, 1.165) is 38.9 Å². The Balaban J connectivity index is 1.19. The Morgan fingerprint density at radius 1 is 0.371 bits per heavy atom. The molecule has 1 aliphatic rings. The topological polar surface area (TPSA) is 118 Å². The molecule has 1 unspecified atom stereocenters. The molecule has 1 atom stereocenters. The minimum absolute atomic E-state index is 0.128. The predicted octanol–water partition coefficient (Wildman–Crippen LogP) is 16.4. The Kier molecular flexibility index (Phi) is 12.9. The van der Waals surface area contributed by atoms with Crippen molar-refractivity contribution in [3.8, 4) is 91.2 Å². The van der Waals surface area contributed by atoms with Gasteiger partial charge in [0.25, 0.3) is 0 Å². The molecule has 8 heteroatoms. The van der Waals surface area contributed by atoms with Crippen LogP contribution in [0, 0.1) is 0 Å². The van der Waals surface area contributed by atoms with Crippen LogP contribution in [-0.2, 0) is 5.41 Å². The van der Waals surface area contributed by atoms with E-state index in [2.05, 4.69) is 49.4 Å². The molecule has 70 heavy (non-hydrogen) atoms. The third-order valence-electron chi connectivity index (χ3n) is 13.3. The third kappa shape index (κ3) is 9.84. The normalized spacial score (nSPS) is 13.5. The van der Waals surface area contributed by atoms with Gasteiger partial charge in [-0.1, -0.05) is 92.1 Å². The SMILES string of the molecule is CC(c1ccc(C2CCCCC2)cc1)(c1ccc(Oc2ccc(O)cc2)c(-c2ccccc2Oc2ccc(O)cc2)c1)c1cc(-c2ccccc2Oc2ccc(O)cc2)ccc1Oc1ccc(O)cc1.